The van der Waals surface area contributed by atoms with E-state index in [2.05, 4.69) is 20.9 Å². The fraction of sp³-hybridized carbons (Fsp3) is 0.455. The van der Waals surface area contributed by atoms with E-state index in [0.29, 0.717) is 15.7 Å². The third kappa shape index (κ3) is 2.88. The van der Waals surface area contributed by atoms with E-state index in [-0.39, 0.29) is 18.9 Å². The zero-order valence-corrected chi connectivity index (χ0v) is 11.5. The molecule has 1 aromatic heterocycles. The zero-order chi connectivity index (χ0) is 13.0. The number of H-pyrrole nitrogens is 1. The van der Waals surface area contributed by atoms with E-state index in [9.17, 15) is 9.59 Å². The molecular weight excluding hydrogens is 290 g/mol. The molecule has 1 rings (SSSR count). The molecule has 0 aliphatic rings. The highest BCUT2D eigenvalue weighted by atomic mass is 79.9. The molecule has 0 spiro atoms. The molecule has 5 nitrogen and oxygen atoms in total. The minimum atomic E-state index is -0.502. The molecule has 0 fully saturated rings. The summed E-state index contributed by atoms with van der Waals surface area (Å²) in [6, 6.07) is 0. The first-order valence-corrected chi connectivity index (χ1v) is 6.04. The van der Waals surface area contributed by atoms with Crippen molar-refractivity contribution in [3.8, 4) is 0 Å². The van der Waals surface area contributed by atoms with E-state index >= 15 is 0 Å². The van der Waals surface area contributed by atoms with Crippen molar-refractivity contribution < 1.29 is 19.1 Å². The molecule has 0 radical (unpaired) electrons. The molecule has 1 N–H and O–H groups in total. The van der Waals surface area contributed by atoms with Gasteiger partial charge in [-0.1, -0.05) is 0 Å². The molecule has 1 aromatic rings. The number of carbonyl (C=O) groups excluding carboxylic acids is 2. The first-order chi connectivity index (χ1) is 8.02. The number of esters is 2. The van der Waals surface area contributed by atoms with E-state index in [1.165, 1.54) is 0 Å². The summed E-state index contributed by atoms with van der Waals surface area (Å²) in [4.78, 5) is 26.0. The Labute approximate surface area is 108 Å². The van der Waals surface area contributed by atoms with Gasteiger partial charge in [-0.25, -0.2) is 9.59 Å². The van der Waals surface area contributed by atoms with Gasteiger partial charge in [0.05, 0.1) is 23.2 Å². The summed E-state index contributed by atoms with van der Waals surface area (Å²) in [5.41, 5.74) is 1.13. The summed E-state index contributed by atoms with van der Waals surface area (Å²) in [5, 5.41) is 0. The maximum atomic E-state index is 11.7. The number of ether oxygens (including phenoxy) is 2. The second-order valence-corrected chi connectivity index (χ2v) is 4.05. The molecule has 94 valence electrons. The molecule has 0 amide bonds. The molecule has 0 saturated heterocycles. The molecule has 0 aliphatic carbocycles. The number of nitrogens with one attached hydrogen (secondary N) is 1. The van der Waals surface area contributed by atoms with Gasteiger partial charge in [0.25, 0.3) is 0 Å². The van der Waals surface area contributed by atoms with Crippen molar-refractivity contribution in [1.29, 1.82) is 0 Å². The summed E-state index contributed by atoms with van der Waals surface area (Å²) in [6.07, 6.45) is 0. The van der Waals surface area contributed by atoms with Gasteiger partial charge in [-0.2, -0.15) is 0 Å². The lowest BCUT2D eigenvalue weighted by Gasteiger charge is -2.01. The van der Waals surface area contributed by atoms with Gasteiger partial charge in [0.1, 0.15) is 5.69 Å². The summed E-state index contributed by atoms with van der Waals surface area (Å²) in [7, 11) is 0. The van der Waals surface area contributed by atoms with Gasteiger partial charge in [0.2, 0.25) is 0 Å². The highest BCUT2D eigenvalue weighted by molar-refractivity contribution is 9.10. The molecule has 6 heteroatoms. The van der Waals surface area contributed by atoms with E-state index in [1.807, 2.05) is 0 Å². The number of aromatic nitrogens is 1. The number of aromatic amines is 1. The lowest BCUT2D eigenvalue weighted by molar-refractivity contribution is 0.0518. The van der Waals surface area contributed by atoms with E-state index in [1.54, 1.807) is 20.8 Å². The molecule has 0 unspecified atom stereocenters. The van der Waals surface area contributed by atoms with Gasteiger partial charge >= 0.3 is 11.9 Å². The standard InChI is InChI=1S/C11H14BrNO4/c1-4-16-10(14)7-6(3)13-9(8(7)12)11(15)17-5-2/h13H,4-5H2,1-3H3. The van der Waals surface area contributed by atoms with Crippen molar-refractivity contribution >= 4 is 27.9 Å². The highest BCUT2D eigenvalue weighted by Crippen LogP contribution is 2.26. The lowest BCUT2D eigenvalue weighted by Crippen LogP contribution is -2.07. The summed E-state index contributed by atoms with van der Waals surface area (Å²) < 4.78 is 10.1. The van der Waals surface area contributed by atoms with E-state index in [4.69, 9.17) is 9.47 Å². The van der Waals surface area contributed by atoms with E-state index in [0.717, 1.165) is 0 Å². The SMILES string of the molecule is CCOC(=O)c1[nH]c(C)c(C(=O)OCC)c1Br. The summed E-state index contributed by atoms with van der Waals surface area (Å²) in [5.74, 6) is -0.971. The smallest absolute Gasteiger partial charge is 0.355 e. The lowest BCUT2D eigenvalue weighted by atomic mass is 10.2. The van der Waals surface area contributed by atoms with Crippen molar-refractivity contribution in [3.05, 3.63) is 21.4 Å². The molecule has 17 heavy (non-hydrogen) atoms. The van der Waals surface area contributed by atoms with Crippen molar-refractivity contribution in [2.24, 2.45) is 0 Å². The number of carbonyl (C=O) groups is 2. The number of halogens is 1. The van der Waals surface area contributed by atoms with Gasteiger partial charge in [0, 0.05) is 5.69 Å². The zero-order valence-electron chi connectivity index (χ0n) is 9.93. The summed E-state index contributed by atoms with van der Waals surface area (Å²) >= 11 is 3.21. The minimum absolute atomic E-state index is 0.229. The number of hydrogen-bond donors (Lipinski definition) is 1. The van der Waals surface area contributed by atoms with Crippen LogP contribution in [-0.4, -0.2) is 30.1 Å². The van der Waals surface area contributed by atoms with Crippen LogP contribution in [0.3, 0.4) is 0 Å². The Morgan fingerprint density at radius 2 is 1.71 bits per heavy atom. The molecule has 1 heterocycles. The fourth-order valence-corrected chi connectivity index (χ4v) is 2.10. The maximum Gasteiger partial charge on any atom is 0.355 e. The largest absolute Gasteiger partial charge is 0.462 e. The van der Waals surface area contributed by atoms with Gasteiger partial charge in [-0.05, 0) is 36.7 Å². The molecule has 0 aromatic carbocycles. The van der Waals surface area contributed by atoms with Gasteiger partial charge in [-0.3, -0.25) is 0 Å². The molecule has 0 aliphatic heterocycles. The van der Waals surface area contributed by atoms with E-state index < -0.39 is 11.9 Å². The van der Waals surface area contributed by atoms with Crippen molar-refractivity contribution in [3.63, 3.8) is 0 Å². The van der Waals surface area contributed by atoms with Gasteiger partial charge in [0.15, 0.2) is 0 Å². The average Bonchev–Trinajstić information content (AvgIpc) is 2.55. The Hall–Kier alpha value is -1.30. The summed E-state index contributed by atoms with van der Waals surface area (Å²) in [6.45, 7) is 5.69. The normalized spacial score (nSPS) is 10.1. The first-order valence-electron chi connectivity index (χ1n) is 5.25. The van der Waals surface area contributed by atoms with Crippen LogP contribution in [0.1, 0.15) is 40.4 Å². The van der Waals surface area contributed by atoms with Crippen LogP contribution in [0.25, 0.3) is 0 Å². The second kappa shape index (κ2) is 5.86. The number of hydrogen-bond acceptors (Lipinski definition) is 4. The predicted octanol–water partition coefficient (Wildman–Crippen LogP) is 2.44. The topological polar surface area (TPSA) is 68.4 Å². The van der Waals surface area contributed by atoms with Crippen LogP contribution < -0.4 is 0 Å². The molecule has 0 saturated carbocycles. The average molecular weight is 304 g/mol. The first kappa shape index (κ1) is 13.8. The molecular formula is C11H14BrNO4. The molecule has 0 bridgehead atoms. The molecule has 0 atom stereocenters. The maximum absolute atomic E-state index is 11.7. The van der Waals surface area contributed by atoms with Gasteiger partial charge < -0.3 is 14.5 Å². The Morgan fingerprint density at radius 3 is 2.24 bits per heavy atom. The minimum Gasteiger partial charge on any atom is -0.462 e. The number of rotatable bonds is 4. The van der Waals surface area contributed by atoms with Crippen LogP contribution in [0.5, 0.6) is 0 Å². The van der Waals surface area contributed by atoms with Crippen molar-refractivity contribution in [2.45, 2.75) is 20.8 Å². The van der Waals surface area contributed by atoms with Crippen LogP contribution in [0, 0.1) is 6.92 Å². The highest BCUT2D eigenvalue weighted by Gasteiger charge is 2.24. The third-order valence-electron chi connectivity index (χ3n) is 2.09. The van der Waals surface area contributed by atoms with Crippen molar-refractivity contribution in [1.82, 2.24) is 4.98 Å². The monoisotopic (exact) mass is 303 g/mol. The van der Waals surface area contributed by atoms with Crippen LogP contribution in [0.4, 0.5) is 0 Å². The quantitative estimate of drug-likeness (QED) is 0.868. The van der Waals surface area contributed by atoms with Crippen LogP contribution >= 0.6 is 15.9 Å². The Kier molecular flexibility index (Phi) is 4.74. The van der Waals surface area contributed by atoms with Crippen molar-refractivity contribution in [2.75, 3.05) is 13.2 Å². The predicted molar refractivity (Wildman–Crippen MR) is 65.1 cm³/mol. The third-order valence-corrected chi connectivity index (χ3v) is 2.88. The Balaban J connectivity index is 3.09. The Bertz CT molecular complexity index is 439. The fourth-order valence-electron chi connectivity index (χ4n) is 1.38. The van der Waals surface area contributed by atoms with Crippen LogP contribution in [-0.2, 0) is 9.47 Å². The van der Waals surface area contributed by atoms with Gasteiger partial charge in [-0.15, -0.1) is 0 Å². The van der Waals surface area contributed by atoms with Crippen LogP contribution in [0.15, 0.2) is 4.47 Å². The number of aryl methyl sites for hydroxylation is 1. The Morgan fingerprint density at radius 1 is 1.18 bits per heavy atom. The second-order valence-electron chi connectivity index (χ2n) is 3.25. The van der Waals surface area contributed by atoms with Crippen LogP contribution in [0.2, 0.25) is 0 Å².